The summed E-state index contributed by atoms with van der Waals surface area (Å²) in [7, 11) is 0. The third-order valence-electron chi connectivity index (χ3n) is 7.69. The minimum absolute atomic E-state index is 1.07. The molecule has 7 aromatic rings. The molecule has 2 nitrogen and oxygen atoms in total. The van der Waals surface area contributed by atoms with Crippen LogP contribution < -0.4 is 0 Å². The average molecular weight is 493 g/mol. The summed E-state index contributed by atoms with van der Waals surface area (Å²) < 4.78 is 4.85. The van der Waals surface area contributed by atoms with Gasteiger partial charge in [-0.1, -0.05) is 72.8 Å². The lowest BCUT2D eigenvalue weighted by Gasteiger charge is -2.15. The van der Waals surface area contributed by atoms with Gasteiger partial charge in [0.1, 0.15) is 4.83 Å². The van der Waals surface area contributed by atoms with Gasteiger partial charge in [0.2, 0.25) is 0 Å². The Hall–Kier alpha value is -4.34. The predicted octanol–water partition coefficient (Wildman–Crippen LogP) is 9.42. The van der Waals surface area contributed by atoms with Crippen LogP contribution in [-0.4, -0.2) is 9.13 Å². The maximum Gasteiger partial charge on any atom is 0.108 e. The molecule has 3 aromatic heterocycles. The summed E-state index contributed by atoms with van der Waals surface area (Å²) in [6.45, 7) is 0. The third kappa shape index (κ3) is 3.11. The van der Waals surface area contributed by atoms with E-state index in [2.05, 4.69) is 130 Å². The summed E-state index contributed by atoms with van der Waals surface area (Å²) >= 11 is 1.80. The summed E-state index contributed by atoms with van der Waals surface area (Å²) in [5, 5.41) is 6.16. The van der Waals surface area contributed by atoms with Gasteiger partial charge in [-0.3, -0.25) is 0 Å². The molecule has 0 saturated carbocycles. The van der Waals surface area contributed by atoms with Crippen molar-refractivity contribution in [2.24, 2.45) is 0 Å². The molecule has 37 heavy (non-hydrogen) atoms. The van der Waals surface area contributed by atoms with E-state index in [1.165, 1.54) is 65.8 Å². The highest BCUT2D eigenvalue weighted by atomic mass is 32.1. The topological polar surface area (TPSA) is 9.86 Å². The molecule has 0 unspecified atom stereocenters. The van der Waals surface area contributed by atoms with Crippen molar-refractivity contribution < 1.29 is 0 Å². The van der Waals surface area contributed by atoms with Gasteiger partial charge in [-0.25, -0.2) is 0 Å². The molecule has 0 saturated heterocycles. The maximum absolute atomic E-state index is 2.46. The molecule has 4 aromatic carbocycles. The van der Waals surface area contributed by atoms with Crippen LogP contribution in [-0.2, 0) is 6.42 Å². The van der Waals surface area contributed by atoms with Gasteiger partial charge in [0.25, 0.3) is 0 Å². The largest absolute Gasteiger partial charge is 0.313 e. The van der Waals surface area contributed by atoms with Crippen molar-refractivity contribution in [2.75, 3.05) is 0 Å². The van der Waals surface area contributed by atoms with Gasteiger partial charge >= 0.3 is 0 Å². The van der Waals surface area contributed by atoms with E-state index in [9.17, 15) is 0 Å². The zero-order valence-electron chi connectivity index (χ0n) is 20.3. The Balaban J connectivity index is 1.24. The van der Waals surface area contributed by atoms with Crippen LogP contribution >= 0.6 is 11.3 Å². The van der Waals surface area contributed by atoms with E-state index in [0.29, 0.717) is 0 Å². The number of fused-ring (bicyclic) bond motifs is 6. The molecule has 176 valence electrons. The first-order valence-corrected chi connectivity index (χ1v) is 13.7. The Labute approximate surface area is 219 Å². The molecule has 3 heterocycles. The minimum Gasteiger partial charge on any atom is -0.313 e. The lowest BCUT2D eigenvalue weighted by molar-refractivity contribution is 0.889. The Morgan fingerprint density at radius 3 is 2.24 bits per heavy atom. The van der Waals surface area contributed by atoms with E-state index in [4.69, 9.17) is 0 Å². The standard InChI is InChI=1S/C34H24N2S/c1-4-13-31-27(10-1)28-11-2-5-14-32(28)35(31)26-9-7-8-24(22-26)23-16-18-25(19-17-23)36-33-15-6-3-12-29(33)30-20-21-37-34(30)36/h1-4,6-13,15-22H,5,14H2. The van der Waals surface area contributed by atoms with Crippen LogP contribution in [0.5, 0.6) is 0 Å². The summed E-state index contributed by atoms with van der Waals surface area (Å²) in [4.78, 5) is 1.30. The number of nitrogens with zero attached hydrogens (tertiary/aromatic N) is 2. The minimum atomic E-state index is 1.07. The summed E-state index contributed by atoms with van der Waals surface area (Å²) in [6.07, 6.45) is 6.77. The molecule has 0 atom stereocenters. The van der Waals surface area contributed by atoms with E-state index in [1.54, 1.807) is 11.3 Å². The van der Waals surface area contributed by atoms with Gasteiger partial charge in [-0.15, -0.1) is 11.3 Å². The number of rotatable bonds is 3. The number of hydrogen-bond acceptors (Lipinski definition) is 1. The van der Waals surface area contributed by atoms with Crippen molar-refractivity contribution in [1.82, 2.24) is 9.13 Å². The van der Waals surface area contributed by atoms with Crippen molar-refractivity contribution in [3.63, 3.8) is 0 Å². The average Bonchev–Trinajstić information content (AvgIpc) is 3.65. The monoisotopic (exact) mass is 492 g/mol. The van der Waals surface area contributed by atoms with Crippen molar-refractivity contribution in [3.05, 3.63) is 126 Å². The van der Waals surface area contributed by atoms with Crippen molar-refractivity contribution >= 4 is 49.4 Å². The quantitative estimate of drug-likeness (QED) is 0.232. The SMILES string of the molecule is C1=Cc2c(n(-c3cccc(-c4ccc(-n5c6ccccc6c6ccsc65)cc4)c3)c3ccccc23)CC1. The number of hydrogen-bond donors (Lipinski definition) is 0. The molecule has 0 aliphatic heterocycles. The van der Waals surface area contributed by atoms with Crippen LogP contribution in [0.15, 0.2) is 115 Å². The van der Waals surface area contributed by atoms with Crippen molar-refractivity contribution in [1.29, 1.82) is 0 Å². The van der Waals surface area contributed by atoms with Gasteiger partial charge in [-0.05, 0) is 71.8 Å². The van der Waals surface area contributed by atoms with Crippen LogP contribution in [0.2, 0.25) is 0 Å². The molecule has 0 fully saturated rings. The van der Waals surface area contributed by atoms with Crippen LogP contribution in [0.1, 0.15) is 17.7 Å². The van der Waals surface area contributed by atoms with Gasteiger partial charge in [0, 0.05) is 38.8 Å². The number of para-hydroxylation sites is 2. The zero-order chi connectivity index (χ0) is 24.3. The fourth-order valence-corrected chi connectivity index (χ4v) is 6.98. The highest BCUT2D eigenvalue weighted by Gasteiger charge is 2.18. The van der Waals surface area contributed by atoms with E-state index in [0.717, 1.165) is 12.8 Å². The Bertz CT molecular complexity index is 1980. The van der Waals surface area contributed by atoms with E-state index in [1.807, 2.05) is 0 Å². The number of aromatic nitrogens is 2. The normalized spacial score (nSPS) is 13.1. The Morgan fingerprint density at radius 2 is 1.38 bits per heavy atom. The van der Waals surface area contributed by atoms with Crippen LogP contribution in [0.3, 0.4) is 0 Å². The lowest BCUT2D eigenvalue weighted by Crippen LogP contribution is -2.03. The molecule has 3 heteroatoms. The molecule has 1 aliphatic carbocycles. The molecule has 0 spiro atoms. The summed E-state index contributed by atoms with van der Waals surface area (Å²) in [6, 6.07) is 37.7. The summed E-state index contributed by atoms with van der Waals surface area (Å²) in [5.74, 6) is 0. The van der Waals surface area contributed by atoms with Crippen molar-refractivity contribution in [2.45, 2.75) is 12.8 Å². The van der Waals surface area contributed by atoms with Crippen LogP contribution in [0.25, 0.3) is 60.6 Å². The first-order chi connectivity index (χ1) is 18.4. The highest BCUT2D eigenvalue weighted by Crippen LogP contribution is 2.37. The van der Waals surface area contributed by atoms with Crippen LogP contribution in [0.4, 0.5) is 0 Å². The second-order valence-corrected chi connectivity index (χ2v) is 10.6. The molecular formula is C34H24N2S. The van der Waals surface area contributed by atoms with Gasteiger partial charge in [0.15, 0.2) is 0 Å². The predicted molar refractivity (Wildman–Crippen MR) is 158 cm³/mol. The van der Waals surface area contributed by atoms with E-state index >= 15 is 0 Å². The molecular weight excluding hydrogens is 468 g/mol. The first-order valence-electron chi connectivity index (χ1n) is 12.8. The number of benzene rings is 4. The first kappa shape index (κ1) is 20.8. The molecule has 0 bridgehead atoms. The smallest absolute Gasteiger partial charge is 0.108 e. The molecule has 8 rings (SSSR count). The third-order valence-corrected chi connectivity index (χ3v) is 8.59. The number of allylic oxidation sites excluding steroid dienone is 1. The van der Waals surface area contributed by atoms with Gasteiger partial charge in [0.05, 0.1) is 11.0 Å². The Kier molecular flexibility index (Phi) is 4.55. The van der Waals surface area contributed by atoms with Crippen LogP contribution in [0, 0.1) is 0 Å². The van der Waals surface area contributed by atoms with Gasteiger partial charge < -0.3 is 9.13 Å². The highest BCUT2D eigenvalue weighted by molar-refractivity contribution is 7.17. The summed E-state index contributed by atoms with van der Waals surface area (Å²) in [5.41, 5.74) is 10.2. The molecule has 0 radical (unpaired) electrons. The van der Waals surface area contributed by atoms with Gasteiger partial charge in [-0.2, -0.15) is 0 Å². The molecule has 1 aliphatic rings. The van der Waals surface area contributed by atoms with E-state index < -0.39 is 0 Å². The fraction of sp³-hybridized carbons (Fsp3) is 0.0588. The Morgan fingerprint density at radius 1 is 0.595 bits per heavy atom. The second kappa shape index (κ2) is 8.09. The zero-order valence-corrected chi connectivity index (χ0v) is 21.1. The maximum atomic E-state index is 2.46. The molecule has 0 N–H and O–H groups in total. The number of thiophene rings is 1. The van der Waals surface area contributed by atoms with Crippen molar-refractivity contribution in [3.8, 4) is 22.5 Å². The van der Waals surface area contributed by atoms with E-state index in [-0.39, 0.29) is 0 Å². The second-order valence-electron chi connectivity index (χ2n) is 9.74. The fourth-order valence-electron chi connectivity index (χ4n) is 6.04. The molecule has 0 amide bonds. The lowest BCUT2D eigenvalue weighted by atomic mass is 10.0.